The lowest BCUT2D eigenvalue weighted by Crippen LogP contribution is -2.28. The zero-order chi connectivity index (χ0) is 21.0. The maximum Gasteiger partial charge on any atom is 0.269 e. The van der Waals surface area contributed by atoms with E-state index in [4.69, 9.17) is 4.42 Å². The molecule has 0 aliphatic carbocycles. The summed E-state index contributed by atoms with van der Waals surface area (Å²) in [7, 11) is 0. The van der Waals surface area contributed by atoms with Crippen LogP contribution in [0.1, 0.15) is 56.8 Å². The first kappa shape index (κ1) is 20.7. The number of aromatic nitrogens is 2. The smallest absolute Gasteiger partial charge is 0.269 e. The highest BCUT2D eigenvalue weighted by Crippen LogP contribution is 2.28. The number of nitrogens with zero attached hydrogens (tertiary/aromatic N) is 3. The Bertz CT molecular complexity index is 949. The molecule has 29 heavy (non-hydrogen) atoms. The zero-order valence-electron chi connectivity index (χ0n) is 17.1. The van der Waals surface area contributed by atoms with Crippen molar-refractivity contribution in [1.82, 2.24) is 15.5 Å². The summed E-state index contributed by atoms with van der Waals surface area (Å²) in [6.07, 6.45) is 1.02. The Balaban J connectivity index is 1.75. The van der Waals surface area contributed by atoms with Gasteiger partial charge < -0.3 is 4.42 Å². The number of non-ortho nitro benzene ring substituents is 1. The van der Waals surface area contributed by atoms with Crippen molar-refractivity contribution in [3.05, 3.63) is 75.7 Å². The predicted molar refractivity (Wildman–Crippen MR) is 111 cm³/mol. The van der Waals surface area contributed by atoms with E-state index in [1.165, 1.54) is 23.3 Å². The van der Waals surface area contributed by atoms with Crippen molar-refractivity contribution in [3.63, 3.8) is 0 Å². The number of aryl methyl sites for hydroxylation is 1. The molecule has 0 aliphatic heterocycles. The van der Waals surface area contributed by atoms with Gasteiger partial charge in [0.25, 0.3) is 5.69 Å². The molecule has 152 valence electrons. The molecule has 0 amide bonds. The third-order valence-electron chi connectivity index (χ3n) is 4.98. The number of hydrogen-bond acceptors (Lipinski definition) is 6. The van der Waals surface area contributed by atoms with Crippen LogP contribution in [0.3, 0.4) is 0 Å². The van der Waals surface area contributed by atoms with Gasteiger partial charge in [-0.05, 0) is 42.5 Å². The second-order valence-electron chi connectivity index (χ2n) is 7.45. The molecule has 0 aliphatic rings. The molecule has 0 unspecified atom stereocenters. The van der Waals surface area contributed by atoms with Gasteiger partial charge in [0.1, 0.15) is 0 Å². The maximum atomic E-state index is 10.8. The Morgan fingerprint density at radius 1 is 1.03 bits per heavy atom. The van der Waals surface area contributed by atoms with E-state index < -0.39 is 4.92 Å². The fourth-order valence-corrected chi connectivity index (χ4v) is 3.23. The van der Waals surface area contributed by atoms with Gasteiger partial charge in [0.2, 0.25) is 11.8 Å². The average Bonchev–Trinajstić information content (AvgIpc) is 3.22. The van der Waals surface area contributed by atoms with E-state index >= 15 is 0 Å². The molecule has 0 saturated heterocycles. The van der Waals surface area contributed by atoms with Crippen LogP contribution in [0.5, 0.6) is 0 Å². The van der Waals surface area contributed by atoms with E-state index in [0.29, 0.717) is 23.3 Å². The van der Waals surface area contributed by atoms with Gasteiger partial charge >= 0.3 is 0 Å². The van der Waals surface area contributed by atoms with Crippen LogP contribution in [0, 0.1) is 16.0 Å². The first-order valence-corrected chi connectivity index (χ1v) is 9.82. The zero-order valence-corrected chi connectivity index (χ0v) is 17.1. The van der Waals surface area contributed by atoms with E-state index in [0.717, 1.165) is 6.42 Å². The fourth-order valence-electron chi connectivity index (χ4n) is 3.23. The summed E-state index contributed by atoms with van der Waals surface area (Å²) in [6, 6.07) is 14.7. The number of nitrogens with one attached hydrogen (secondary N) is 1. The number of benzene rings is 2. The molecule has 7 heteroatoms. The van der Waals surface area contributed by atoms with E-state index in [-0.39, 0.29) is 17.8 Å². The minimum absolute atomic E-state index is 0.0254. The van der Waals surface area contributed by atoms with E-state index in [1.807, 2.05) is 6.92 Å². The predicted octanol–water partition coefficient (Wildman–Crippen LogP) is 5.26. The molecule has 0 radical (unpaired) electrons. The Labute approximate surface area is 170 Å². The largest absolute Gasteiger partial charge is 0.419 e. The average molecular weight is 394 g/mol. The molecular formula is C22H26N4O3. The van der Waals surface area contributed by atoms with Crippen LogP contribution in [-0.2, 0) is 6.42 Å². The molecule has 0 fully saturated rings. The molecule has 0 bridgehead atoms. The molecule has 1 N–H and O–H groups in total. The molecule has 2 aromatic carbocycles. The molecule has 3 rings (SSSR count). The summed E-state index contributed by atoms with van der Waals surface area (Å²) < 4.78 is 5.83. The normalized spacial score (nSPS) is 13.4. The van der Waals surface area contributed by atoms with Crippen molar-refractivity contribution in [1.29, 1.82) is 0 Å². The molecule has 1 aromatic heterocycles. The Hall–Kier alpha value is -3.06. The second kappa shape index (κ2) is 8.96. The summed E-state index contributed by atoms with van der Waals surface area (Å²) in [4.78, 5) is 10.4. The van der Waals surface area contributed by atoms with Crippen molar-refractivity contribution in [3.8, 4) is 11.5 Å². The summed E-state index contributed by atoms with van der Waals surface area (Å²) >= 11 is 0. The lowest BCUT2D eigenvalue weighted by molar-refractivity contribution is -0.384. The summed E-state index contributed by atoms with van der Waals surface area (Å²) in [5.41, 5.74) is 3.21. The number of nitro benzene ring substituents is 1. The van der Waals surface area contributed by atoms with Gasteiger partial charge in [-0.15, -0.1) is 10.2 Å². The first-order chi connectivity index (χ1) is 13.9. The van der Waals surface area contributed by atoms with Crippen molar-refractivity contribution in [2.45, 2.75) is 46.2 Å². The number of nitro groups is 1. The molecule has 2 atom stereocenters. The van der Waals surface area contributed by atoms with Crippen molar-refractivity contribution < 1.29 is 9.34 Å². The van der Waals surface area contributed by atoms with Gasteiger partial charge in [-0.25, -0.2) is 0 Å². The van der Waals surface area contributed by atoms with Gasteiger partial charge in [-0.1, -0.05) is 45.0 Å². The molecular weight excluding hydrogens is 368 g/mol. The minimum atomic E-state index is -0.436. The van der Waals surface area contributed by atoms with Crippen LogP contribution in [-0.4, -0.2) is 15.1 Å². The van der Waals surface area contributed by atoms with Crippen molar-refractivity contribution in [2.75, 3.05) is 0 Å². The van der Waals surface area contributed by atoms with Gasteiger partial charge in [0.15, 0.2) is 0 Å². The third-order valence-corrected chi connectivity index (χ3v) is 4.98. The Kier molecular flexibility index (Phi) is 6.39. The minimum Gasteiger partial charge on any atom is -0.419 e. The van der Waals surface area contributed by atoms with Crippen molar-refractivity contribution in [2.24, 2.45) is 5.92 Å². The van der Waals surface area contributed by atoms with Gasteiger partial charge in [0, 0.05) is 23.7 Å². The fraction of sp³-hybridized carbons (Fsp3) is 0.364. The third kappa shape index (κ3) is 4.86. The maximum absolute atomic E-state index is 10.8. The number of rotatable bonds is 8. The van der Waals surface area contributed by atoms with Gasteiger partial charge in [-0.2, -0.15) is 0 Å². The summed E-state index contributed by atoms with van der Waals surface area (Å²) in [5.74, 6) is 1.20. The topological polar surface area (TPSA) is 94.1 Å². The van der Waals surface area contributed by atoms with Gasteiger partial charge in [-0.3, -0.25) is 15.4 Å². The van der Waals surface area contributed by atoms with Crippen LogP contribution in [0.4, 0.5) is 5.69 Å². The van der Waals surface area contributed by atoms with Gasteiger partial charge in [0.05, 0.1) is 11.0 Å². The molecule has 3 aromatic rings. The second-order valence-corrected chi connectivity index (χ2v) is 7.45. The SMILES string of the molecule is CCc1ccc([C@H](N[C@H](C)c2nnc(-c3ccc([N+](=O)[O-])cc3)o2)C(C)C)cc1. The molecule has 7 nitrogen and oxygen atoms in total. The lowest BCUT2D eigenvalue weighted by atomic mass is 9.94. The highest BCUT2D eigenvalue weighted by molar-refractivity contribution is 5.55. The van der Waals surface area contributed by atoms with Crippen LogP contribution < -0.4 is 5.32 Å². The van der Waals surface area contributed by atoms with E-state index in [2.05, 4.69) is 60.6 Å². The molecule has 0 saturated carbocycles. The molecule has 1 heterocycles. The Morgan fingerprint density at radius 2 is 1.69 bits per heavy atom. The summed E-state index contributed by atoms with van der Waals surface area (Å²) in [6.45, 7) is 8.48. The van der Waals surface area contributed by atoms with Crippen LogP contribution in [0.25, 0.3) is 11.5 Å². The highest BCUT2D eigenvalue weighted by atomic mass is 16.6. The first-order valence-electron chi connectivity index (χ1n) is 9.82. The Morgan fingerprint density at radius 3 is 2.24 bits per heavy atom. The standard InChI is InChI=1S/C22H26N4O3/c1-5-16-6-8-17(9-7-16)20(14(2)3)23-15(4)21-24-25-22(29-21)18-10-12-19(13-11-18)26(27)28/h6-15,20,23H,5H2,1-4H3/t15-,20-/m1/s1. The number of hydrogen-bond donors (Lipinski definition) is 1. The quantitative estimate of drug-likeness (QED) is 0.414. The van der Waals surface area contributed by atoms with Crippen LogP contribution in [0.15, 0.2) is 52.9 Å². The molecule has 0 spiro atoms. The van der Waals surface area contributed by atoms with Crippen molar-refractivity contribution >= 4 is 5.69 Å². The van der Waals surface area contributed by atoms with Crippen LogP contribution >= 0.6 is 0 Å². The van der Waals surface area contributed by atoms with E-state index in [9.17, 15) is 10.1 Å². The monoisotopic (exact) mass is 394 g/mol. The van der Waals surface area contributed by atoms with Crippen LogP contribution in [0.2, 0.25) is 0 Å². The lowest BCUT2D eigenvalue weighted by Gasteiger charge is -2.25. The van der Waals surface area contributed by atoms with E-state index in [1.54, 1.807) is 12.1 Å². The summed E-state index contributed by atoms with van der Waals surface area (Å²) in [5, 5.41) is 22.7. The highest BCUT2D eigenvalue weighted by Gasteiger charge is 2.22.